The van der Waals surface area contributed by atoms with Gasteiger partial charge in [0.25, 0.3) is 0 Å². The van der Waals surface area contributed by atoms with Gasteiger partial charge in [-0.15, -0.1) is 0 Å². The Kier molecular flexibility index (Phi) is 6.13. The third-order valence-corrected chi connectivity index (χ3v) is 5.02. The maximum absolute atomic E-state index is 13.8. The molecule has 4 rings (SSSR count). The molecule has 1 atom stereocenters. The summed E-state index contributed by atoms with van der Waals surface area (Å²) in [6.07, 6.45) is 0. The predicted octanol–water partition coefficient (Wildman–Crippen LogP) is 4.04. The molecule has 0 bridgehead atoms. The number of hydrogen-bond donors (Lipinski definition) is 1. The molecular weight excluding hydrogens is 427 g/mol. The monoisotopic (exact) mass is 446 g/mol. The minimum atomic E-state index is -0.621. The number of benzene rings is 3. The van der Waals surface area contributed by atoms with Gasteiger partial charge in [0.2, 0.25) is 5.88 Å². The highest BCUT2D eigenvalue weighted by atomic mass is 19.1. The fourth-order valence-corrected chi connectivity index (χ4v) is 3.50. The Morgan fingerprint density at radius 2 is 1.82 bits per heavy atom. The number of nitriles is 1. The molecule has 166 valence electrons. The maximum atomic E-state index is 13.8. The summed E-state index contributed by atoms with van der Waals surface area (Å²) in [5, 5.41) is 9.59. The minimum absolute atomic E-state index is 0.0921. The highest BCUT2D eigenvalue weighted by molar-refractivity contribution is 5.74. The van der Waals surface area contributed by atoms with Crippen molar-refractivity contribution < 1.29 is 28.1 Å². The van der Waals surface area contributed by atoms with Crippen LogP contribution in [0.1, 0.15) is 17.0 Å². The first-order chi connectivity index (χ1) is 16.0. The molecule has 1 unspecified atom stereocenters. The Hall–Kier alpha value is -4.51. The number of carbonyl (C=O) groups excluding carboxylic acids is 1. The number of fused-ring (bicyclic) bond motifs is 1. The van der Waals surface area contributed by atoms with Gasteiger partial charge < -0.3 is 24.7 Å². The summed E-state index contributed by atoms with van der Waals surface area (Å²) in [5.74, 6) is -0.0817. The first kappa shape index (κ1) is 21.7. The van der Waals surface area contributed by atoms with E-state index in [1.165, 1.54) is 18.2 Å². The first-order valence-electron chi connectivity index (χ1n) is 9.93. The van der Waals surface area contributed by atoms with Crippen molar-refractivity contribution in [2.45, 2.75) is 5.92 Å². The quantitative estimate of drug-likeness (QED) is 0.450. The molecular formula is C25H19FN2O5. The number of ether oxygens (including phenoxy) is 4. The summed E-state index contributed by atoms with van der Waals surface area (Å²) < 4.78 is 35.3. The molecule has 0 radical (unpaired) electrons. The molecule has 0 amide bonds. The largest absolute Gasteiger partial charge is 0.497 e. The number of nitrogens with zero attached hydrogens (tertiary/aromatic N) is 1. The third kappa shape index (κ3) is 4.72. The Morgan fingerprint density at radius 1 is 1.09 bits per heavy atom. The van der Waals surface area contributed by atoms with E-state index in [4.69, 9.17) is 24.7 Å². The van der Waals surface area contributed by atoms with E-state index >= 15 is 0 Å². The summed E-state index contributed by atoms with van der Waals surface area (Å²) in [6.45, 7) is -0.309. The minimum Gasteiger partial charge on any atom is -0.497 e. The lowest BCUT2D eigenvalue weighted by atomic mass is 9.83. The first-order valence-corrected chi connectivity index (χ1v) is 9.93. The van der Waals surface area contributed by atoms with Gasteiger partial charge in [-0.2, -0.15) is 5.26 Å². The molecule has 3 aromatic rings. The van der Waals surface area contributed by atoms with Crippen LogP contribution in [0.5, 0.6) is 23.0 Å². The van der Waals surface area contributed by atoms with Crippen molar-refractivity contribution in [1.82, 2.24) is 0 Å². The molecule has 0 saturated carbocycles. The third-order valence-electron chi connectivity index (χ3n) is 5.02. The van der Waals surface area contributed by atoms with Gasteiger partial charge in [-0.3, -0.25) is 0 Å². The number of nitrogens with two attached hydrogens (primary N) is 1. The molecule has 33 heavy (non-hydrogen) atoms. The van der Waals surface area contributed by atoms with Gasteiger partial charge in [-0.25, -0.2) is 9.18 Å². The lowest BCUT2D eigenvalue weighted by Crippen LogP contribution is -2.21. The zero-order valence-corrected chi connectivity index (χ0v) is 17.6. The second kappa shape index (κ2) is 9.32. The van der Waals surface area contributed by atoms with Gasteiger partial charge in [-0.05, 0) is 48.0 Å². The summed E-state index contributed by atoms with van der Waals surface area (Å²) in [7, 11) is 1.56. The van der Waals surface area contributed by atoms with Crippen LogP contribution in [0.25, 0.3) is 0 Å². The lowest BCUT2D eigenvalue weighted by Gasteiger charge is -2.26. The van der Waals surface area contributed by atoms with Crippen molar-refractivity contribution in [1.29, 1.82) is 5.26 Å². The second-order valence-electron chi connectivity index (χ2n) is 7.12. The van der Waals surface area contributed by atoms with Crippen LogP contribution in [-0.2, 0) is 4.79 Å². The Balaban J connectivity index is 1.51. The number of esters is 1. The lowest BCUT2D eigenvalue weighted by molar-refractivity contribution is -0.136. The Labute approximate surface area is 189 Å². The van der Waals surface area contributed by atoms with Crippen LogP contribution in [0.15, 0.2) is 78.2 Å². The standard InChI is InChI=1S/C25H19FN2O5/c1-30-17-5-7-18(8-6-17)31-14-23(29)32-19-9-10-20-22(12-19)33-25(28)21(13-27)24(20)15-3-2-4-16(26)11-15/h2-12,24H,14,28H2,1H3. The number of allylic oxidation sites excluding steroid dienone is 1. The summed E-state index contributed by atoms with van der Waals surface area (Å²) in [5.41, 5.74) is 7.28. The normalized spacial score (nSPS) is 14.5. The molecule has 7 nitrogen and oxygen atoms in total. The molecule has 0 fully saturated rings. The van der Waals surface area contributed by atoms with E-state index in [0.717, 1.165) is 0 Å². The highest BCUT2D eigenvalue weighted by Crippen LogP contribution is 2.43. The van der Waals surface area contributed by atoms with E-state index < -0.39 is 17.7 Å². The number of halogens is 1. The molecule has 8 heteroatoms. The Morgan fingerprint density at radius 3 is 2.52 bits per heavy atom. The van der Waals surface area contributed by atoms with E-state index in [0.29, 0.717) is 28.4 Å². The fraction of sp³-hybridized carbons (Fsp3) is 0.120. The number of methoxy groups -OCH3 is 1. The van der Waals surface area contributed by atoms with E-state index in [1.807, 2.05) is 6.07 Å². The molecule has 1 aliphatic heterocycles. The van der Waals surface area contributed by atoms with Gasteiger partial charge in [-0.1, -0.05) is 18.2 Å². The predicted molar refractivity (Wildman–Crippen MR) is 116 cm³/mol. The Bertz CT molecular complexity index is 1260. The van der Waals surface area contributed by atoms with Crippen molar-refractivity contribution in [2.24, 2.45) is 5.73 Å². The average molecular weight is 446 g/mol. The second-order valence-corrected chi connectivity index (χ2v) is 7.12. The van der Waals surface area contributed by atoms with E-state index in [2.05, 4.69) is 0 Å². The van der Waals surface area contributed by atoms with Crippen molar-refractivity contribution in [3.63, 3.8) is 0 Å². The number of hydrogen-bond acceptors (Lipinski definition) is 7. The van der Waals surface area contributed by atoms with Crippen molar-refractivity contribution in [2.75, 3.05) is 13.7 Å². The molecule has 1 aliphatic rings. The topological polar surface area (TPSA) is 104 Å². The zero-order chi connectivity index (χ0) is 23.4. The van der Waals surface area contributed by atoms with Gasteiger partial charge in [0.1, 0.15) is 40.5 Å². The molecule has 2 N–H and O–H groups in total. The molecule has 0 aliphatic carbocycles. The summed E-state index contributed by atoms with van der Waals surface area (Å²) >= 11 is 0. The van der Waals surface area contributed by atoms with Crippen LogP contribution < -0.4 is 24.7 Å². The van der Waals surface area contributed by atoms with E-state index in [-0.39, 0.29) is 23.8 Å². The average Bonchev–Trinajstić information content (AvgIpc) is 2.82. The summed E-state index contributed by atoms with van der Waals surface area (Å²) in [6, 6.07) is 19.5. The van der Waals surface area contributed by atoms with E-state index in [1.54, 1.807) is 55.6 Å². The SMILES string of the molecule is COc1ccc(OCC(=O)Oc2ccc3c(c2)OC(N)=C(C#N)C3c2cccc(F)c2)cc1. The molecule has 0 saturated heterocycles. The van der Waals surface area contributed by atoms with Crippen LogP contribution in [0, 0.1) is 17.1 Å². The van der Waals surface area contributed by atoms with Crippen LogP contribution >= 0.6 is 0 Å². The molecule has 0 spiro atoms. The fourth-order valence-electron chi connectivity index (χ4n) is 3.50. The summed E-state index contributed by atoms with van der Waals surface area (Å²) in [4.78, 5) is 12.2. The molecule has 1 heterocycles. The van der Waals surface area contributed by atoms with Gasteiger partial charge in [0.05, 0.1) is 13.0 Å². The van der Waals surface area contributed by atoms with Gasteiger partial charge >= 0.3 is 5.97 Å². The molecule has 3 aromatic carbocycles. The van der Waals surface area contributed by atoms with Crippen LogP contribution in [0.3, 0.4) is 0 Å². The van der Waals surface area contributed by atoms with Crippen LogP contribution in [0.2, 0.25) is 0 Å². The van der Waals surface area contributed by atoms with Crippen LogP contribution in [0.4, 0.5) is 4.39 Å². The van der Waals surface area contributed by atoms with Crippen LogP contribution in [-0.4, -0.2) is 19.7 Å². The number of carbonyl (C=O) groups is 1. The number of rotatable bonds is 6. The maximum Gasteiger partial charge on any atom is 0.349 e. The van der Waals surface area contributed by atoms with Gasteiger partial charge in [0, 0.05) is 11.6 Å². The van der Waals surface area contributed by atoms with Gasteiger partial charge in [0.15, 0.2) is 6.61 Å². The van der Waals surface area contributed by atoms with Crippen molar-refractivity contribution >= 4 is 5.97 Å². The van der Waals surface area contributed by atoms with E-state index in [9.17, 15) is 14.4 Å². The zero-order valence-electron chi connectivity index (χ0n) is 17.6. The molecule has 0 aromatic heterocycles. The van der Waals surface area contributed by atoms with Crippen molar-refractivity contribution in [3.8, 4) is 29.1 Å². The van der Waals surface area contributed by atoms with Crippen molar-refractivity contribution in [3.05, 3.63) is 95.1 Å². The smallest absolute Gasteiger partial charge is 0.349 e. The highest BCUT2D eigenvalue weighted by Gasteiger charge is 2.31.